The lowest BCUT2D eigenvalue weighted by atomic mass is 10.0. The van der Waals surface area contributed by atoms with Gasteiger partial charge in [-0.2, -0.15) is 0 Å². The second kappa shape index (κ2) is 15.4. The molecule has 0 bridgehead atoms. The van der Waals surface area contributed by atoms with Gasteiger partial charge in [0.05, 0.1) is 0 Å². The third kappa shape index (κ3) is 10.6. The molecule has 2 N–H and O–H groups in total. The van der Waals surface area contributed by atoms with E-state index >= 15 is 0 Å². The largest absolute Gasteiger partial charge is 0.314 e. The molecule has 0 unspecified atom stereocenters. The lowest BCUT2D eigenvalue weighted by Gasteiger charge is -2.32. The fourth-order valence-electron chi connectivity index (χ4n) is 3.71. The Hall–Kier alpha value is -1.40. The summed E-state index contributed by atoms with van der Waals surface area (Å²) < 4.78 is 16.6. The van der Waals surface area contributed by atoms with Gasteiger partial charge in [-0.1, -0.05) is 44.6 Å². The van der Waals surface area contributed by atoms with E-state index in [9.17, 15) is 4.39 Å². The Morgan fingerprint density at radius 2 is 1.87 bits per heavy atom. The summed E-state index contributed by atoms with van der Waals surface area (Å²) in [7, 11) is 0. The van der Waals surface area contributed by atoms with Crippen LogP contribution in [0.5, 0.6) is 0 Å². The quantitative estimate of drug-likeness (QED) is 0.198. The van der Waals surface area contributed by atoms with Gasteiger partial charge in [0.15, 0.2) is 0 Å². The highest BCUT2D eigenvalue weighted by atomic mass is 32.2. The molecule has 2 rings (SSSR count). The molecule has 0 spiro atoms. The fraction of sp³-hybridized carbons (Fsp3) is 0.538. The first-order valence-corrected chi connectivity index (χ1v) is 12.6. The van der Waals surface area contributed by atoms with Crippen molar-refractivity contribution in [3.63, 3.8) is 0 Å². The SMILES string of the molecule is C=C/C(F)=C\C=C(/C)c1ccc(SNCCCN2CCC(NCCCCC)CC2)cc1. The topological polar surface area (TPSA) is 27.3 Å². The molecule has 0 radical (unpaired) electrons. The summed E-state index contributed by atoms with van der Waals surface area (Å²) in [6, 6.07) is 9.10. The first kappa shape index (κ1) is 25.9. The Balaban J connectivity index is 1.57. The van der Waals surface area contributed by atoms with Gasteiger partial charge < -0.3 is 10.2 Å². The summed E-state index contributed by atoms with van der Waals surface area (Å²) in [4.78, 5) is 3.80. The van der Waals surface area contributed by atoms with Gasteiger partial charge in [-0.3, -0.25) is 4.72 Å². The van der Waals surface area contributed by atoms with Crippen LogP contribution in [-0.2, 0) is 0 Å². The van der Waals surface area contributed by atoms with E-state index in [1.54, 1.807) is 18.0 Å². The first-order chi connectivity index (χ1) is 15.1. The molecule has 1 aromatic carbocycles. The normalized spacial score (nSPS) is 16.6. The highest BCUT2D eigenvalue weighted by molar-refractivity contribution is 7.97. The molecule has 0 amide bonds. The lowest BCUT2D eigenvalue weighted by Crippen LogP contribution is -2.43. The van der Waals surface area contributed by atoms with E-state index < -0.39 is 0 Å². The molecule has 31 heavy (non-hydrogen) atoms. The minimum Gasteiger partial charge on any atom is -0.314 e. The number of nitrogens with zero attached hydrogens (tertiary/aromatic N) is 1. The fourth-order valence-corrected chi connectivity index (χ4v) is 4.39. The molecular formula is C26H40FN3S. The Labute approximate surface area is 193 Å². The smallest absolute Gasteiger partial charge is 0.122 e. The molecule has 0 saturated carbocycles. The van der Waals surface area contributed by atoms with E-state index in [1.807, 2.05) is 6.92 Å². The van der Waals surface area contributed by atoms with E-state index in [0.29, 0.717) is 0 Å². The average Bonchev–Trinajstić information content (AvgIpc) is 2.81. The van der Waals surface area contributed by atoms with Crippen LogP contribution in [0.1, 0.15) is 57.9 Å². The number of rotatable bonds is 14. The maximum absolute atomic E-state index is 13.2. The zero-order valence-electron chi connectivity index (χ0n) is 19.3. The van der Waals surface area contributed by atoms with E-state index in [2.05, 4.69) is 52.7 Å². The van der Waals surface area contributed by atoms with Crippen LogP contribution in [0.15, 0.2) is 59.8 Å². The third-order valence-corrected chi connectivity index (χ3v) is 6.60. The van der Waals surface area contributed by atoms with Crippen LogP contribution in [0.25, 0.3) is 5.57 Å². The molecule has 1 fully saturated rings. The summed E-state index contributed by atoms with van der Waals surface area (Å²) in [5, 5.41) is 3.73. The van der Waals surface area contributed by atoms with Crippen molar-refractivity contribution < 1.29 is 4.39 Å². The van der Waals surface area contributed by atoms with Crippen LogP contribution < -0.4 is 10.0 Å². The van der Waals surface area contributed by atoms with Gasteiger partial charge in [0.1, 0.15) is 5.83 Å². The summed E-state index contributed by atoms with van der Waals surface area (Å²) in [5.41, 5.74) is 2.13. The average molecular weight is 446 g/mol. The predicted octanol–water partition coefficient (Wildman–Crippen LogP) is 6.36. The Bertz CT molecular complexity index is 691. The molecule has 1 aliphatic rings. The Kier molecular flexibility index (Phi) is 12.9. The number of piperidine rings is 1. The van der Waals surface area contributed by atoms with Crippen LogP contribution in [-0.4, -0.2) is 43.7 Å². The Morgan fingerprint density at radius 1 is 1.13 bits per heavy atom. The maximum atomic E-state index is 13.2. The molecule has 1 aliphatic heterocycles. The molecule has 1 saturated heterocycles. The summed E-state index contributed by atoms with van der Waals surface area (Å²) >= 11 is 1.68. The molecule has 0 atom stereocenters. The molecule has 3 nitrogen and oxygen atoms in total. The van der Waals surface area contributed by atoms with Crippen LogP contribution in [0.3, 0.4) is 0 Å². The highest BCUT2D eigenvalue weighted by Gasteiger charge is 2.17. The molecule has 172 valence electrons. The van der Waals surface area contributed by atoms with Crippen LogP contribution in [0.4, 0.5) is 4.39 Å². The predicted molar refractivity (Wildman–Crippen MR) is 135 cm³/mol. The summed E-state index contributed by atoms with van der Waals surface area (Å²) in [5.74, 6) is -0.320. The minimum atomic E-state index is -0.320. The number of hydrogen-bond acceptors (Lipinski definition) is 4. The molecule has 0 aliphatic carbocycles. The minimum absolute atomic E-state index is 0.320. The van der Waals surface area contributed by atoms with Gasteiger partial charge in [0.25, 0.3) is 0 Å². The van der Waals surface area contributed by atoms with Gasteiger partial charge in [0.2, 0.25) is 0 Å². The van der Waals surface area contributed by atoms with Gasteiger partial charge in [0, 0.05) is 17.5 Å². The monoisotopic (exact) mass is 445 g/mol. The molecular weight excluding hydrogens is 405 g/mol. The van der Waals surface area contributed by atoms with E-state index in [0.717, 1.165) is 23.7 Å². The van der Waals surface area contributed by atoms with Crippen molar-refractivity contribution >= 4 is 17.5 Å². The van der Waals surface area contributed by atoms with Crippen molar-refractivity contribution in [3.05, 3.63) is 60.5 Å². The van der Waals surface area contributed by atoms with Gasteiger partial charge in [-0.25, -0.2) is 4.39 Å². The van der Waals surface area contributed by atoms with Gasteiger partial charge in [-0.15, -0.1) is 0 Å². The zero-order chi connectivity index (χ0) is 22.3. The zero-order valence-corrected chi connectivity index (χ0v) is 20.2. The maximum Gasteiger partial charge on any atom is 0.122 e. The molecule has 1 heterocycles. The number of nitrogens with one attached hydrogen (secondary N) is 2. The number of allylic oxidation sites excluding steroid dienone is 5. The number of benzene rings is 1. The summed E-state index contributed by atoms with van der Waals surface area (Å²) in [6.07, 6.45) is 12.1. The first-order valence-electron chi connectivity index (χ1n) is 11.7. The van der Waals surface area contributed by atoms with E-state index in [-0.39, 0.29) is 5.83 Å². The molecule has 1 aromatic rings. The van der Waals surface area contributed by atoms with Gasteiger partial charge in [-0.05, 0) is 106 Å². The third-order valence-electron chi connectivity index (χ3n) is 5.74. The molecule has 5 heteroatoms. The second-order valence-electron chi connectivity index (χ2n) is 8.26. The molecule has 0 aromatic heterocycles. The van der Waals surface area contributed by atoms with Crippen molar-refractivity contribution in [2.45, 2.75) is 63.3 Å². The summed E-state index contributed by atoms with van der Waals surface area (Å²) in [6.45, 7) is 13.5. The van der Waals surface area contributed by atoms with Crippen LogP contribution in [0.2, 0.25) is 0 Å². The number of likely N-dealkylation sites (tertiary alicyclic amines) is 1. The standard InChI is InChI=1S/C26H40FN3S/c1-4-6-7-17-28-25-15-20-30(21-16-25)19-8-18-29-31-26-13-10-23(11-14-26)22(3)9-12-24(27)5-2/h5,9-14,25,28-29H,2,4,6-8,15-21H2,1,3H3/b22-9+,24-12+. The van der Waals surface area contributed by atoms with Crippen molar-refractivity contribution in [2.75, 3.05) is 32.7 Å². The van der Waals surface area contributed by atoms with E-state index in [4.69, 9.17) is 0 Å². The van der Waals surface area contributed by atoms with Crippen LogP contribution >= 0.6 is 11.9 Å². The van der Waals surface area contributed by atoms with Crippen molar-refractivity contribution in [1.82, 2.24) is 14.9 Å². The van der Waals surface area contributed by atoms with Gasteiger partial charge >= 0.3 is 0 Å². The van der Waals surface area contributed by atoms with E-state index in [1.165, 1.54) is 81.8 Å². The second-order valence-corrected chi connectivity index (χ2v) is 9.22. The number of halogens is 1. The highest BCUT2D eigenvalue weighted by Crippen LogP contribution is 2.20. The number of unbranched alkanes of at least 4 members (excludes halogenated alkanes) is 2. The number of hydrogen-bond donors (Lipinski definition) is 2. The van der Waals surface area contributed by atoms with Crippen molar-refractivity contribution in [1.29, 1.82) is 0 Å². The van der Waals surface area contributed by atoms with Crippen LogP contribution in [0, 0.1) is 0 Å². The van der Waals surface area contributed by atoms with Crippen molar-refractivity contribution in [3.8, 4) is 0 Å². The lowest BCUT2D eigenvalue weighted by molar-refractivity contribution is 0.196. The van der Waals surface area contributed by atoms with Crippen molar-refractivity contribution in [2.24, 2.45) is 0 Å². The Morgan fingerprint density at radius 3 is 2.55 bits per heavy atom.